The molecule has 0 aliphatic carbocycles. The number of nitrogens with one attached hydrogen (secondary N) is 1. The summed E-state index contributed by atoms with van der Waals surface area (Å²) in [5.41, 5.74) is 1.80. The predicted molar refractivity (Wildman–Crippen MR) is 82.6 cm³/mol. The van der Waals surface area contributed by atoms with E-state index in [1.165, 1.54) is 6.07 Å². The van der Waals surface area contributed by atoms with Crippen molar-refractivity contribution >= 4 is 27.5 Å². The van der Waals surface area contributed by atoms with Crippen LogP contribution >= 0.6 is 27.5 Å². The third-order valence-electron chi connectivity index (χ3n) is 3.12. The fourth-order valence-corrected chi connectivity index (χ4v) is 2.76. The Morgan fingerprint density at radius 2 is 2.20 bits per heavy atom. The first kappa shape index (κ1) is 15.5. The summed E-state index contributed by atoms with van der Waals surface area (Å²) < 4.78 is 19.3. The van der Waals surface area contributed by atoms with Crippen LogP contribution in [0.3, 0.4) is 0 Å². The van der Waals surface area contributed by atoms with Gasteiger partial charge in [-0.2, -0.15) is 0 Å². The maximum atomic E-state index is 13.6. The minimum atomic E-state index is -0.255. The summed E-state index contributed by atoms with van der Waals surface area (Å²) in [5.74, 6) is -0.255. The Morgan fingerprint density at radius 3 is 2.85 bits per heavy atom. The molecule has 0 saturated carbocycles. The van der Waals surface area contributed by atoms with Gasteiger partial charge in [0.15, 0.2) is 5.22 Å². The largest absolute Gasteiger partial charge is 0.453 e. The second-order valence-corrected chi connectivity index (χ2v) is 5.71. The molecule has 108 valence electrons. The number of benzene rings is 1. The highest BCUT2D eigenvalue weighted by atomic mass is 79.9. The lowest BCUT2D eigenvalue weighted by molar-refractivity contribution is 0.511. The smallest absolute Gasteiger partial charge is 0.197 e. The number of hydrogen-bond donors (Lipinski definition) is 1. The van der Waals surface area contributed by atoms with E-state index in [2.05, 4.69) is 28.2 Å². The first-order valence-electron chi connectivity index (χ1n) is 6.52. The first-order valence-corrected chi connectivity index (χ1v) is 7.69. The van der Waals surface area contributed by atoms with Crippen molar-refractivity contribution in [2.24, 2.45) is 0 Å². The lowest BCUT2D eigenvalue weighted by Gasteiger charge is -2.18. The molecule has 2 rings (SSSR count). The number of rotatable bonds is 6. The SMILES string of the molecule is CCCNC(Cc1cccc(F)c1Br)c1ccoc1Cl. The van der Waals surface area contributed by atoms with E-state index >= 15 is 0 Å². The van der Waals surface area contributed by atoms with E-state index in [1.54, 1.807) is 12.3 Å². The summed E-state index contributed by atoms with van der Waals surface area (Å²) in [5, 5.41) is 3.80. The van der Waals surface area contributed by atoms with Crippen molar-refractivity contribution in [3.8, 4) is 0 Å². The van der Waals surface area contributed by atoms with Crippen LogP contribution in [-0.2, 0) is 6.42 Å². The molecule has 0 aliphatic rings. The molecule has 1 atom stereocenters. The van der Waals surface area contributed by atoms with Gasteiger partial charge in [-0.3, -0.25) is 0 Å². The van der Waals surface area contributed by atoms with Crippen molar-refractivity contribution in [1.29, 1.82) is 0 Å². The molecule has 2 nitrogen and oxygen atoms in total. The van der Waals surface area contributed by atoms with Gasteiger partial charge in [0.1, 0.15) is 5.82 Å². The Hall–Kier alpha value is -0.840. The lowest BCUT2D eigenvalue weighted by Crippen LogP contribution is -2.24. The number of furan rings is 1. The highest BCUT2D eigenvalue weighted by Crippen LogP contribution is 2.30. The summed E-state index contributed by atoms with van der Waals surface area (Å²) in [6, 6.07) is 6.90. The third-order valence-corrected chi connectivity index (χ3v) is 4.31. The van der Waals surface area contributed by atoms with Gasteiger partial charge in [0, 0.05) is 11.6 Å². The van der Waals surface area contributed by atoms with Gasteiger partial charge in [-0.25, -0.2) is 4.39 Å². The molecule has 1 unspecified atom stereocenters. The van der Waals surface area contributed by atoms with Crippen molar-refractivity contribution in [2.75, 3.05) is 6.54 Å². The average molecular weight is 361 g/mol. The quantitative estimate of drug-likeness (QED) is 0.773. The fraction of sp³-hybridized carbons (Fsp3) is 0.333. The molecule has 1 heterocycles. The molecular weight excluding hydrogens is 345 g/mol. The Bertz CT molecular complexity index is 573. The molecule has 0 aliphatic heterocycles. The zero-order chi connectivity index (χ0) is 14.5. The van der Waals surface area contributed by atoms with Crippen LogP contribution in [0.15, 0.2) is 39.4 Å². The second-order valence-electron chi connectivity index (χ2n) is 4.57. The van der Waals surface area contributed by atoms with Gasteiger partial charge in [-0.05, 0) is 64.6 Å². The highest BCUT2D eigenvalue weighted by Gasteiger charge is 2.18. The van der Waals surface area contributed by atoms with Crippen LogP contribution in [-0.4, -0.2) is 6.54 Å². The standard InChI is InChI=1S/C15H16BrClFNO/c1-2-7-19-13(11-6-8-20-15(11)17)9-10-4-3-5-12(18)14(10)16/h3-6,8,13,19H,2,7,9H2,1H3. The van der Waals surface area contributed by atoms with Gasteiger partial charge in [-0.15, -0.1) is 0 Å². The molecular formula is C15H16BrClFNO. The van der Waals surface area contributed by atoms with Gasteiger partial charge in [0.25, 0.3) is 0 Å². The van der Waals surface area contributed by atoms with Gasteiger partial charge in [0.2, 0.25) is 0 Å². The van der Waals surface area contributed by atoms with Crippen LogP contribution in [0, 0.1) is 5.82 Å². The molecule has 5 heteroatoms. The van der Waals surface area contributed by atoms with E-state index < -0.39 is 0 Å². The van der Waals surface area contributed by atoms with Crippen molar-refractivity contribution in [3.63, 3.8) is 0 Å². The number of halogens is 3. The van der Waals surface area contributed by atoms with Crippen LogP contribution in [0.2, 0.25) is 5.22 Å². The number of hydrogen-bond acceptors (Lipinski definition) is 2. The molecule has 1 aromatic heterocycles. The van der Waals surface area contributed by atoms with Crippen molar-refractivity contribution in [3.05, 3.63) is 57.2 Å². The summed E-state index contributed by atoms with van der Waals surface area (Å²) >= 11 is 9.36. The topological polar surface area (TPSA) is 25.2 Å². The molecule has 0 radical (unpaired) electrons. The fourth-order valence-electron chi connectivity index (χ4n) is 2.09. The molecule has 0 saturated heterocycles. The molecule has 1 N–H and O–H groups in total. The van der Waals surface area contributed by atoms with Crippen LogP contribution in [0.4, 0.5) is 4.39 Å². The maximum absolute atomic E-state index is 13.6. The minimum absolute atomic E-state index is 0.000648. The lowest BCUT2D eigenvalue weighted by atomic mass is 10.0. The van der Waals surface area contributed by atoms with Crippen molar-refractivity contribution in [2.45, 2.75) is 25.8 Å². The Morgan fingerprint density at radius 1 is 1.40 bits per heavy atom. The Balaban J connectivity index is 2.24. The van der Waals surface area contributed by atoms with Crippen LogP contribution in [0.5, 0.6) is 0 Å². The highest BCUT2D eigenvalue weighted by molar-refractivity contribution is 9.10. The molecule has 2 aromatic rings. The van der Waals surface area contributed by atoms with Crippen LogP contribution in [0.25, 0.3) is 0 Å². The van der Waals surface area contributed by atoms with Gasteiger partial charge < -0.3 is 9.73 Å². The van der Waals surface area contributed by atoms with Gasteiger partial charge >= 0.3 is 0 Å². The minimum Gasteiger partial charge on any atom is -0.453 e. The van der Waals surface area contributed by atoms with E-state index in [0.29, 0.717) is 16.1 Å². The van der Waals surface area contributed by atoms with E-state index in [4.69, 9.17) is 16.0 Å². The average Bonchev–Trinajstić information content (AvgIpc) is 2.85. The summed E-state index contributed by atoms with van der Waals surface area (Å²) in [4.78, 5) is 0. The van der Waals surface area contributed by atoms with E-state index in [-0.39, 0.29) is 11.9 Å². The van der Waals surface area contributed by atoms with Crippen molar-refractivity contribution in [1.82, 2.24) is 5.32 Å². The summed E-state index contributed by atoms with van der Waals surface area (Å²) in [6.07, 6.45) is 3.22. The molecule has 0 spiro atoms. The van der Waals surface area contributed by atoms with Crippen LogP contribution < -0.4 is 5.32 Å². The second kappa shape index (κ2) is 7.25. The zero-order valence-electron chi connectivity index (χ0n) is 11.1. The van der Waals surface area contributed by atoms with Crippen molar-refractivity contribution < 1.29 is 8.81 Å². The third kappa shape index (κ3) is 3.62. The molecule has 1 aromatic carbocycles. The maximum Gasteiger partial charge on any atom is 0.197 e. The Labute approximate surface area is 131 Å². The molecule has 20 heavy (non-hydrogen) atoms. The molecule has 0 bridgehead atoms. The van der Waals surface area contributed by atoms with E-state index in [9.17, 15) is 4.39 Å². The van der Waals surface area contributed by atoms with Gasteiger partial charge in [-0.1, -0.05) is 19.1 Å². The molecule has 0 fully saturated rings. The van der Waals surface area contributed by atoms with E-state index in [0.717, 1.165) is 24.1 Å². The predicted octanol–water partition coefficient (Wildman–Crippen LogP) is 5.12. The zero-order valence-corrected chi connectivity index (χ0v) is 13.5. The summed E-state index contributed by atoms with van der Waals surface area (Å²) in [7, 11) is 0. The normalized spacial score (nSPS) is 12.6. The first-order chi connectivity index (χ1) is 9.63. The van der Waals surface area contributed by atoms with Crippen LogP contribution in [0.1, 0.15) is 30.5 Å². The molecule has 0 amide bonds. The van der Waals surface area contributed by atoms with E-state index in [1.807, 2.05) is 12.1 Å². The summed E-state index contributed by atoms with van der Waals surface area (Å²) in [6.45, 7) is 2.96. The Kier molecular flexibility index (Phi) is 5.64. The van der Waals surface area contributed by atoms with Gasteiger partial charge in [0.05, 0.1) is 10.7 Å². The monoisotopic (exact) mass is 359 g/mol.